The van der Waals surface area contributed by atoms with Gasteiger partial charge in [-0.05, 0) is 12.1 Å². The molecule has 0 aliphatic heterocycles. The van der Waals surface area contributed by atoms with Crippen LogP contribution in [0.25, 0.3) is 0 Å². The van der Waals surface area contributed by atoms with Crippen LogP contribution in [-0.2, 0) is 6.54 Å². The molecule has 0 aliphatic rings. The number of hydrogen-bond donors (Lipinski definition) is 1. The van der Waals surface area contributed by atoms with Gasteiger partial charge in [-0.15, -0.1) is 0 Å². The predicted molar refractivity (Wildman–Crippen MR) is 39.3 cm³/mol. The van der Waals surface area contributed by atoms with Gasteiger partial charge < -0.3 is 5.73 Å². The zero-order valence-electron chi connectivity index (χ0n) is 5.57. The highest BCUT2D eigenvalue weighted by molar-refractivity contribution is 6.30. The molecule has 0 aliphatic carbocycles. The summed E-state index contributed by atoms with van der Waals surface area (Å²) in [5, 5.41) is -0.231. The van der Waals surface area contributed by atoms with Crippen molar-refractivity contribution in [3.8, 4) is 0 Å². The second-order valence-corrected chi connectivity index (χ2v) is 2.47. The van der Waals surface area contributed by atoms with Crippen LogP contribution in [0.1, 0.15) is 5.56 Å². The van der Waals surface area contributed by atoms with Crippen LogP contribution in [0.2, 0.25) is 5.02 Å². The zero-order valence-corrected chi connectivity index (χ0v) is 6.33. The van der Waals surface area contributed by atoms with Gasteiger partial charge in [-0.2, -0.15) is 0 Å². The highest BCUT2D eigenvalue weighted by Gasteiger charge is 2.07. The van der Waals surface area contributed by atoms with E-state index in [0.717, 1.165) is 12.1 Å². The molecule has 11 heavy (non-hydrogen) atoms. The molecule has 0 atom stereocenters. The molecule has 0 radical (unpaired) electrons. The van der Waals surface area contributed by atoms with E-state index < -0.39 is 11.6 Å². The fourth-order valence-electron chi connectivity index (χ4n) is 0.758. The Morgan fingerprint density at radius 1 is 1.36 bits per heavy atom. The lowest BCUT2D eigenvalue weighted by molar-refractivity contribution is 0.586. The van der Waals surface area contributed by atoms with Gasteiger partial charge in [-0.25, -0.2) is 8.78 Å². The van der Waals surface area contributed by atoms with Crippen LogP contribution in [-0.4, -0.2) is 0 Å². The molecule has 0 fully saturated rings. The highest BCUT2D eigenvalue weighted by Crippen LogP contribution is 2.19. The first-order valence-electron chi connectivity index (χ1n) is 2.98. The van der Waals surface area contributed by atoms with Crippen LogP contribution in [0, 0.1) is 11.6 Å². The van der Waals surface area contributed by atoms with E-state index in [1.54, 1.807) is 0 Å². The highest BCUT2D eigenvalue weighted by atomic mass is 35.5. The van der Waals surface area contributed by atoms with E-state index in [4.69, 9.17) is 17.3 Å². The van der Waals surface area contributed by atoms with Crippen molar-refractivity contribution >= 4 is 11.6 Å². The second-order valence-electron chi connectivity index (χ2n) is 2.06. The fourth-order valence-corrected chi connectivity index (χ4v) is 0.983. The average molecular weight is 178 g/mol. The molecule has 0 amide bonds. The van der Waals surface area contributed by atoms with Crippen molar-refractivity contribution in [3.05, 3.63) is 34.4 Å². The minimum Gasteiger partial charge on any atom is -0.326 e. The number of halogens is 3. The van der Waals surface area contributed by atoms with Gasteiger partial charge in [0.15, 0.2) is 0 Å². The number of nitrogens with two attached hydrogens (primary N) is 1. The summed E-state index contributed by atoms with van der Waals surface area (Å²) < 4.78 is 25.3. The summed E-state index contributed by atoms with van der Waals surface area (Å²) in [5.41, 5.74) is 5.22. The lowest BCUT2D eigenvalue weighted by atomic mass is 10.2. The third-order valence-corrected chi connectivity index (χ3v) is 1.56. The van der Waals surface area contributed by atoms with E-state index in [1.807, 2.05) is 0 Å². The van der Waals surface area contributed by atoms with Gasteiger partial charge in [0.2, 0.25) is 0 Å². The standard InChI is InChI=1S/C7H6ClF2N/c8-6-2-5(9)1-4(3-11)7(6)10/h1-2H,3,11H2. The number of rotatable bonds is 1. The van der Waals surface area contributed by atoms with Crippen LogP contribution in [0.4, 0.5) is 8.78 Å². The quantitative estimate of drug-likeness (QED) is 0.653. The Morgan fingerprint density at radius 3 is 2.55 bits per heavy atom. The molecule has 0 saturated carbocycles. The van der Waals surface area contributed by atoms with Crippen LogP contribution < -0.4 is 5.73 Å². The Bertz CT molecular complexity index is 275. The van der Waals surface area contributed by atoms with Gasteiger partial charge >= 0.3 is 0 Å². The summed E-state index contributed by atoms with van der Waals surface area (Å²) in [6.45, 7) is -0.0523. The Morgan fingerprint density at radius 2 is 2.00 bits per heavy atom. The van der Waals surface area contributed by atoms with Crippen molar-refractivity contribution in [2.24, 2.45) is 5.73 Å². The third-order valence-electron chi connectivity index (χ3n) is 1.29. The Balaban J connectivity index is 3.24. The number of benzene rings is 1. The summed E-state index contributed by atoms with van der Waals surface area (Å²) in [5.74, 6) is -1.22. The van der Waals surface area contributed by atoms with Crippen molar-refractivity contribution in [2.75, 3.05) is 0 Å². The molecule has 0 heterocycles. The van der Waals surface area contributed by atoms with Gasteiger partial charge in [0, 0.05) is 12.1 Å². The summed E-state index contributed by atoms with van der Waals surface area (Å²) in [6.07, 6.45) is 0. The molecule has 0 aromatic heterocycles. The normalized spacial score (nSPS) is 10.2. The lowest BCUT2D eigenvalue weighted by Gasteiger charge is -2.00. The second kappa shape index (κ2) is 3.15. The van der Waals surface area contributed by atoms with E-state index in [-0.39, 0.29) is 17.1 Å². The average Bonchev–Trinajstić information content (AvgIpc) is 1.96. The van der Waals surface area contributed by atoms with E-state index >= 15 is 0 Å². The smallest absolute Gasteiger partial charge is 0.146 e. The van der Waals surface area contributed by atoms with Crippen LogP contribution >= 0.6 is 11.6 Å². The van der Waals surface area contributed by atoms with E-state index in [9.17, 15) is 8.78 Å². The molecule has 1 aromatic rings. The van der Waals surface area contributed by atoms with Crippen LogP contribution in [0.15, 0.2) is 12.1 Å². The largest absolute Gasteiger partial charge is 0.326 e. The molecular weight excluding hydrogens is 172 g/mol. The maximum Gasteiger partial charge on any atom is 0.146 e. The van der Waals surface area contributed by atoms with E-state index in [2.05, 4.69) is 0 Å². The Labute approximate surface area is 67.8 Å². The SMILES string of the molecule is NCc1cc(F)cc(Cl)c1F. The molecule has 0 bridgehead atoms. The van der Waals surface area contributed by atoms with Crippen molar-refractivity contribution < 1.29 is 8.78 Å². The first-order valence-corrected chi connectivity index (χ1v) is 3.36. The zero-order chi connectivity index (χ0) is 8.43. The lowest BCUT2D eigenvalue weighted by Crippen LogP contribution is -2.00. The van der Waals surface area contributed by atoms with Gasteiger partial charge in [0.1, 0.15) is 11.6 Å². The van der Waals surface area contributed by atoms with Gasteiger partial charge in [-0.3, -0.25) is 0 Å². The molecular formula is C7H6ClF2N. The molecule has 1 aromatic carbocycles. The minimum absolute atomic E-state index is 0.0523. The summed E-state index contributed by atoms with van der Waals surface area (Å²) >= 11 is 5.33. The van der Waals surface area contributed by atoms with Gasteiger partial charge in [0.25, 0.3) is 0 Å². The molecule has 1 rings (SSSR count). The Hall–Kier alpha value is -0.670. The molecule has 60 valence electrons. The van der Waals surface area contributed by atoms with Crippen molar-refractivity contribution in [1.29, 1.82) is 0 Å². The van der Waals surface area contributed by atoms with Crippen molar-refractivity contribution in [1.82, 2.24) is 0 Å². The molecule has 0 spiro atoms. The number of hydrogen-bond acceptors (Lipinski definition) is 1. The van der Waals surface area contributed by atoms with Gasteiger partial charge in [0.05, 0.1) is 5.02 Å². The first-order chi connectivity index (χ1) is 5.15. The third kappa shape index (κ3) is 1.67. The molecule has 0 saturated heterocycles. The fraction of sp³-hybridized carbons (Fsp3) is 0.143. The van der Waals surface area contributed by atoms with Crippen LogP contribution in [0.5, 0.6) is 0 Å². The molecule has 1 nitrogen and oxygen atoms in total. The van der Waals surface area contributed by atoms with E-state index in [0.29, 0.717) is 0 Å². The summed E-state index contributed by atoms with van der Waals surface area (Å²) in [6, 6.07) is 1.94. The first kappa shape index (κ1) is 8.43. The van der Waals surface area contributed by atoms with Crippen LogP contribution in [0.3, 0.4) is 0 Å². The molecule has 0 unspecified atom stereocenters. The Kier molecular flexibility index (Phi) is 2.42. The monoisotopic (exact) mass is 177 g/mol. The van der Waals surface area contributed by atoms with Crippen molar-refractivity contribution in [2.45, 2.75) is 6.54 Å². The minimum atomic E-state index is -0.643. The van der Waals surface area contributed by atoms with Gasteiger partial charge in [-0.1, -0.05) is 11.6 Å². The molecule has 2 N–H and O–H groups in total. The summed E-state index contributed by atoms with van der Waals surface area (Å²) in [7, 11) is 0. The maximum atomic E-state index is 12.8. The molecule has 4 heteroatoms. The van der Waals surface area contributed by atoms with Crippen molar-refractivity contribution in [3.63, 3.8) is 0 Å². The maximum absolute atomic E-state index is 12.8. The van der Waals surface area contributed by atoms with E-state index in [1.165, 1.54) is 0 Å². The topological polar surface area (TPSA) is 26.0 Å². The predicted octanol–water partition coefficient (Wildman–Crippen LogP) is 2.08. The summed E-state index contributed by atoms with van der Waals surface area (Å²) in [4.78, 5) is 0.